The smallest absolute Gasteiger partial charge is 0.226 e. The van der Waals surface area contributed by atoms with Crippen LogP contribution >= 0.6 is 0 Å². The van der Waals surface area contributed by atoms with Crippen molar-refractivity contribution in [2.24, 2.45) is 0 Å². The molecule has 0 aromatic carbocycles. The van der Waals surface area contributed by atoms with Gasteiger partial charge in [0.2, 0.25) is 11.8 Å². The first-order valence-electron chi connectivity index (χ1n) is 5.59. The van der Waals surface area contributed by atoms with Gasteiger partial charge >= 0.3 is 0 Å². The number of nitrogens with one attached hydrogen (secondary N) is 1. The minimum absolute atomic E-state index is 0.604. The van der Waals surface area contributed by atoms with E-state index in [1.54, 1.807) is 0 Å². The second-order valence-electron chi connectivity index (χ2n) is 3.52. The number of ether oxygens (including phenoxy) is 1. The summed E-state index contributed by atoms with van der Waals surface area (Å²) >= 11 is 0. The molecule has 0 unspecified atom stereocenters. The number of aryl methyl sites for hydroxylation is 1. The minimum Gasteiger partial charge on any atom is -0.477 e. The van der Waals surface area contributed by atoms with Gasteiger partial charge in [-0.1, -0.05) is 13.0 Å². The summed E-state index contributed by atoms with van der Waals surface area (Å²) in [5.41, 5.74) is 0.905. The van der Waals surface area contributed by atoms with Crippen LogP contribution in [0.25, 0.3) is 0 Å². The molecule has 0 saturated carbocycles. The molecule has 0 atom stereocenters. The molecule has 88 valence electrons. The van der Waals surface area contributed by atoms with Crippen LogP contribution in [0.2, 0.25) is 0 Å². The Morgan fingerprint density at radius 3 is 3.00 bits per heavy atom. The van der Waals surface area contributed by atoms with Crippen LogP contribution in [0.4, 0.5) is 5.95 Å². The lowest BCUT2D eigenvalue weighted by atomic mass is 10.4. The molecule has 1 aromatic rings. The van der Waals surface area contributed by atoms with Crippen LogP contribution in [0.5, 0.6) is 5.88 Å². The van der Waals surface area contributed by atoms with E-state index in [1.165, 1.54) is 0 Å². The molecule has 0 aliphatic carbocycles. The maximum absolute atomic E-state index is 5.49. The molecular weight excluding hydrogens is 202 g/mol. The highest BCUT2D eigenvalue weighted by Crippen LogP contribution is 2.12. The molecule has 0 aliphatic rings. The van der Waals surface area contributed by atoms with Gasteiger partial charge in [0, 0.05) is 18.3 Å². The van der Waals surface area contributed by atoms with Crippen molar-refractivity contribution in [3.05, 3.63) is 24.4 Å². The third kappa shape index (κ3) is 4.29. The summed E-state index contributed by atoms with van der Waals surface area (Å²) in [4.78, 5) is 8.54. The van der Waals surface area contributed by atoms with E-state index in [2.05, 4.69) is 28.8 Å². The highest BCUT2D eigenvalue weighted by atomic mass is 16.5. The Morgan fingerprint density at radius 2 is 2.31 bits per heavy atom. The van der Waals surface area contributed by atoms with Crippen molar-refractivity contribution in [3.63, 3.8) is 0 Å². The highest BCUT2D eigenvalue weighted by molar-refractivity contribution is 5.30. The highest BCUT2D eigenvalue weighted by Gasteiger charge is 2.01. The quantitative estimate of drug-likeness (QED) is 0.568. The summed E-state index contributed by atoms with van der Waals surface area (Å²) in [6.45, 7) is 9.15. The molecule has 16 heavy (non-hydrogen) atoms. The molecular formula is C12H19N3O. The van der Waals surface area contributed by atoms with Crippen LogP contribution in [0.1, 0.15) is 25.5 Å². The van der Waals surface area contributed by atoms with Crippen molar-refractivity contribution in [2.45, 2.75) is 26.7 Å². The molecule has 4 heteroatoms. The normalized spacial score (nSPS) is 9.88. The first-order chi connectivity index (χ1) is 7.76. The fraction of sp³-hybridized carbons (Fsp3) is 0.500. The van der Waals surface area contributed by atoms with E-state index >= 15 is 0 Å². The number of nitrogens with zero attached hydrogens (tertiary/aromatic N) is 2. The third-order valence-corrected chi connectivity index (χ3v) is 1.94. The molecule has 0 amide bonds. The van der Waals surface area contributed by atoms with E-state index in [-0.39, 0.29) is 0 Å². The van der Waals surface area contributed by atoms with Gasteiger partial charge in [0.1, 0.15) is 0 Å². The maximum Gasteiger partial charge on any atom is 0.226 e. The SMILES string of the molecule is C=CCCOc1cc(C)nc(NCCC)n1. The van der Waals surface area contributed by atoms with Gasteiger partial charge in [-0.25, -0.2) is 4.98 Å². The molecule has 1 rings (SSSR count). The molecule has 0 saturated heterocycles. The van der Waals surface area contributed by atoms with Crippen LogP contribution in [-0.2, 0) is 0 Å². The Balaban J connectivity index is 2.61. The van der Waals surface area contributed by atoms with E-state index in [1.807, 2.05) is 19.1 Å². The predicted octanol–water partition coefficient (Wildman–Crippen LogP) is 2.56. The zero-order chi connectivity index (χ0) is 11.8. The molecule has 1 aromatic heterocycles. The van der Waals surface area contributed by atoms with Crippen molar-refractivity contribution in [1.29, 1.82) is 0 Å². The van der Waals surface area contributed by atoms with Gasteiger partial charge in [0.15, 0.2) is 0 Å². The largest absolute Gasteiger partial charge is 0.477 e. The Bertz CT molecular complexity index is 339. The van der Waals surface area contributed by atoms with Crippen molar-refractivity contribution in [1.82, 2.24) is 9.97 Å². The average Bonchev–Trinajstić information content (AvgIpc) is 2.26. The van der Waals surface area contributed by atoms with Gasteiger partial charge in [-0.2, -0.15) is 4.98 Å². The van der Waals surface area contributed by atoms with E-state index in [0.717, 1.165) is 25.1 Å². The molecule has 0 spiro atoms. The van der Waals surface area contributed by atoms with Gasteiger partial charge in [0.05, 0.1) is 6.61 Å². The van der Waals surface area contributed by atoms with E-state index in [9.17, 15) is 0 Å². The van der Waals surface area contributed by atoms with Gasteiger partial charge in [-0.05, 0) is 19.8 Å². The molecule has 0 fully saturated rings. The molecule has 4 nitrogen and oxygen atoms in total. The van der Waals surface area contributed by atoms with Crippen LogP contribution in [0.3, 0.4) is 0 Å². The van der Waals surface area contributed by atoms with Crippen LogP contribution < -0.4 is 10.1 Å². The van der Waals surface area contributed by atoms with Crippen molar-refractivity contribution in [3.8, 4) is 5.88 Å². The summed E-state index contributed by atoms with van der Waals surface area (Å²) in [6.07, 6.45) is 3.69. The lowest BCUT2D eigenvalue weighted by Crippen LogP contribution is -2.07. The second-order valence-corrected chi connectivity index (χ2v) is 3.52. The summed E-state index contributed by atoms with van der Waals surface area (Å²) in [5.74, 6) is 1.25. The third-order valence-electron chi connectivity index (χ3n) is 1.94. The van der Waals surface area contributed by atoms with Crippen LogP contribution in [0, 0.1) is 6.92 Å². The molecule has 0 radical (unpaired) electrons. The van der Waals surface area contributed by atoms with E-state index in [4.69, 9.17) is 4.74 Å². The fourth-order valence-corrected chi connectivity index (χ4v) is 1.18. The van der Waals surface area contributed by atoms with E-state index < -0.39 is 0 Å². The van der Waals surface area contributed by atoms with Gasteiger partial charge in [-0.3, -0.25) is 0 Å². The Morgan fingerprint density at radius 1 is 1.50 bits per heavy atom. The number of aromatic nitrogens is 2. The van der Waals surface area contributed by atoms with Crippen molar-refractivity contribution >= 4 is 5.95 Å². The zero-order valence-corrected chi connectivity index (χ0v) is 9.99. The second kappa shape index (κ2) is 6.82. The molecule has 1 heterocycles. The summed E-state index contributed by atoms with van der Waals surface area (Å²) < 4.78 is 5.49. The van der Waals surface area contributed by atoms with Gasteiger partial charge < -0.3 is 10.1 Å². The van der Waals surface area contributed by atoms with Crippen LogP contribution in [-0.4, -0.2) is 23.1 Å². The van der Waals surface area contributed by atoms with Gasteiger partial charge in [-0.15, -0.1) is 6.58 Å². The summed E-state index contributed by atoms with van der Waals surface area (Å²) in [5, 5.41) is 3.14. The fourth-order valence-electron chi connectivity index (χ4n) is 1.18. The lowest BCUT2D eigenvalue weighted by molar-refractivity contribution is 0.312. The molecule has 0 aliphatic heterocycles. The number of anilines is 1. The van der Waals surface area contributed by atoms with Crippen molar-refractivity contribution in [2.75, 3.05) is 18.5 Å². The van der Waals surface area contributed by atoms with E-state index in [0.29, 0.717) is 18.4 Å². The summed E-state index contributed by atoms with van der Waals surface area (Å²) in [7, 11) is 0. The Labute approximate surface area is 96.8 Å². The zero-order valence-electron chi connectivity index (χ0n) is 9.99. The topological polar surface area (TPSA) is 47.0 Å². The lowest BCUT2D eigenvalue weighted by Gasteiger charge is -2.08. The average molecular weight is 221 g/mol. The molecule has 1 N–H and O–H groups in total. The Kier molecular flexibility index (Phi) is 5.32. The number of hydrogen-bond acceptors (Lipinski definition) is 4. The predicted molar refractivity (Wildman–Crippen MR) is 65.9 cm³/mol. The van der Waals surface area contributed by atoms with Gasteiger partial charge in [0.25, 0.3) is 0 Å². The standard InChI is InChI=1S/C12H19N3O/c1-4-6-8-16-11-9-10(3)14-12(15-11)13-7-5-2/h4,9H,1,5-8H2,2-3H3,(H,13,14,15). The van der Waals surface area contributed by atoms with Crippen molar-refractivity contribution < 1.29 is 4.74 Å². The number of rotatable bonds is 7. The number of hydrogen-bond donors (Lipinski definition) is 1. The summed E-state index contributed by atoms with van der Waals surface area (Å²) in [6, 6.07) is 1.83. The maximum atomic E-state index is 5.49. The molecule has 0 bridgehead atoms. The first-order valence-corrected chi connectivity index (χ1v) is 5.59. The first kappa shape index (κ1) is 12.5. The minimum atomic E-state index is 0.604. The van der Waals surface area contributed by atoms with Crippen LogP contribution in [0.15, 0.2) is 18.7 Å². The Hall–Kier alpha value is -1.58. The monoisotopic (exact) mass is 221 g/mol.